The number of hydrogen-bond donors (Lipinski definition) is 2. The summed E-state index contributed by atoms with van der Waals surface area (Å²) in [6.07, 6.45) is 9.16. The van der Waals surface area contributed by atoms with E-state index in [0.29, 0.717) is 6.54 Å². The van der Waals surface area contributed by atoms with Gasteiger partial charge in [0.25, 0.3) is 0 Å². The van der Waals surface area contributed by atoms with Crippen molar-refractivity contribution in [1.82, 2.24) is 0 Å². The summed E-state index contributed by atoms with van der Waals surface area (Å²) in [5.41, 5.74) is 5.91. The number of unbranched alkanes of at least 4 members (excludes halogenated alkanes) is 1. The summed E-state index contributed by atoms with van der Waals surface area (Å²) in [5, 5.41) is 10.2. The molecular weight excluding hydrogens is 174 g/mol. The van der Waals surface area contributed by atoms with Crippen LogP contribution in [-0.4, -0.2) is 17.8 Å². The van der Waals surface area contributed by atoms with Crippen molar-refractivity contribution in [3.05, 3.63) is 0 Å². The van der Waals surface area contributed by atoms with Gasteiger partial charge < -0.3 is 10.8 Å². The van der Waals surface area contributed by atoms with Crippen LogP contribution in [0.2, 0.25) is 0 Å². The van der Waals surface area contributed by atoms with Gasteiger partial charge in [0, 0.05) is 12.0 Å². The summed E-state index contributed by atoms with van der Waals surface area (Å²) in [6.45, 7) is 2.83. The Hall–Kier alpha value is -0.0800. The number of nitrogens with two attached hydrogens (primary N) is 1. The molecule has 1 rings (SSSR count). The molecule has 0 aromatic heterocycles. The van der Waals surface area contributed by atoms with Crippen LogP contribution < -0.4 is 5.73 Å². The number of rotatable bonds is 5. The first-order chi connectivity index (χ1) is 6.75. The third kappa shape index (κ3) is 2.71. The van der Waals surface area contributed by atoms with Crippen molar-refractivity contribution in [2.45, 2.75) is 64.4 Å². The van der Waals surface area contributed by atoms with Gasteiger partial charge in [-0.1, -0.05) is 39.0 Å². The van der Waals surface area contributed by atoms with Crippen LogP contribution in [0.4, 0.5) is 0 Å². The zero-order valence-corrected chi connectivity index (χ0v) is 9.47. The van der Waals surface area contributed by atoms with Crippen LogP contribution in [-0.2, 0) is 0 Å². The summed E-state index contributed by atoms with van der Waals surface area (Å²) in [6, 6.07) is 0. The van der Waals surface area contributed by atoms with E-state index in [9.17, 15) is 5.11 Å². The average molecular weight is 199 g/mol. The van der Waals surface area contributed by atoms with Gasteiger partial charge in [0.15, 0.2) is 0 Å². The maximum absolute atomic E-state index is 10.2. The van der Waals surface area contributed by atoms with Crippen LogP contribution in [0.5, 0.6) is 0 Å². The van der Waals surface area contributed by atoms with Crippen molar-refractivity contribution < 1.29 is 5.11 Å². The van der Waals surface area contributed by atoms with Crippen molar-refractivity contribution in [2.75, 3.05) is 6.54 Å². The smallest absolute Gasteiger partial charge is 0.0608 e. The highest BCUT2D eigenvalue weighted by atomic mass is 16.3. The second-order valence-electron chi connectivity index (χ2n) is 4.79. The molecule has 0 heterocycles. The normalized spacial score (nSPS) is 23.4. The molecular formula is C12H25NO. The van der Waals surface area contributed by atoms with E-state index in [1.807, 2.05) is 0 Å². The fourth-order valence-corrected chi connectivity index (χ4v) is 2.63. The maximum Gasteiger partial charge on any atom is 0.0608 e. The Bertz CT molecular complexity index is 152. The van der Waals surface area contributed by atoms with Crippen LogP contribution in [0.25, 0.3) is 0 Å². The standard InChI is InChI=1S/C12H25NO/c1-2-3-7-11(14)12(10-13)8-5-4-6-9-12/h11,14H,2-10,13H2,1H3. The van der Waals surface area contributed by atoms with Crippen molar-refractivity contribution in [3.8, 4) is 0 Å². The van der Waals surface area contributed by atoms with Crippen LogP contribution in [0.1, 0.15) is 58.3 Å². The molecule has 0 radical (unpaired) electrons. The predicted molar refractivity (Wildman–Crippen MR) is 60.1 cm³/mol. The first-order valence-corrected chi connectivity index (χ1v) is 6.13. The molecule has 0 amide bonds. The van der Waals surface area contributed by atoms with Gasteiger partial charge in [-0.2, -0.15) is 0 Å². The SMILES string of the molecule is CCCCC(O)C1(CN)CCCCC1. The summed E-state index contributed by atoms with van der Waals surface area (Å²) in [5.74, 6) is 0. The lowest BCUT2D eigenvalue weighted by Gasteiger charge is -2.40. The Morgan fingerprint density at radius 1 is 1.29 bits per heavy atom. The van der Waals surface area contributed by atoms with E-state index in [1.165, 1.54) is 19.3 Å². The summed E-state index contributed by atoms with van der Waals surface area (Å²) in [7, 11) is 0. The Balaban J connectivity index is 2.48. The van der Waals surface area contributed by atoms with Crippen molar-refractivity contribution >= 4 is 0 Å². The van der Waals surface area contributed by atoms with E-state index in [0.717, 1.165) is 32.1 Å². The fraction of sp³-hybridized carbons (Fsp3) is 1.00. The van der Waals surface area contributed by atoms with E-state index >= 15 is 0 Å². The minimum absolute atomic E-state index is 0.0629. The molecule has 0 bridgehead atoms. The first-order valence-electron chi connectivity index (χ1n) is 6.13. The highest BCUT2D eigenvalue weighted by molar-refractivity contribution is 4.89. The Kier molecular flexibility index (Phi) is 4.90. The van der Waals surface area contributed by atoms with Gasteiger partial charge in [0.2, 0.25) is 0 Å². The molecule has 2 nitrogen and oxygen atoms in total. The molecule has 1 aliphatic rings. The van der Waals surface area contributed by atoms with Crippen molar-refractivity contribution in [2.24, 2.45) is 11.1 Å². The molecule has 1 saturated carbocycles. The van der Waals surface area contributed by atoms with Crippen molar-refractivity contribution in [1.29, 1.82) is 0 Å². The predicted octanol–water partition coefficient (Wildman–Crippen LogP) is 2.45. The van der Waals surface area contributed by atoms with Gasteiger partial charge in [-0.3, -0.25) is 0 Å². The topological polar surface area (TPSA) is 46.2 Å². The monoisotopic (exact) mass is 199 g/mol. The molecule has 0 saturated heterocycles. The number of hydrogen-bond acceptors (Lipinski definition) is 2. The molecule has 2 heteroatoms. The Morgan fingerprint density at radius 2 is 1.93 bits per heavy atom. The van der Waals surface area contributed by atoms with E-state index in [-0.39, 0.29) is 11.5 Å². The number of aliphatic hydroxyl groups is 1. The zero-order chi connectivity index (χ0) is 10.4. The lowest BCUT2D eigenvalue weighted by Crippen LogP contribution is -2.43. The van der Waals surface area contributed by atoms with Crippen LogP contribution in [0, 0.1) is 5.41 Å². The molecule has 0 aromatic carbocycles. The quantitative estimate of drug-likeness (QED) is 0.714. The summed E-state index contributed by atoms with van der Waals surface area (Å²) >= 11 is 0. The lowest BCUT2D eigenvalue weighted by molar-refractivity contribution is -0.00410. The molecule has 14 heavy (non-hydrogen) atoms. The van der Waals surface area contributed by atoms with Gasteiger partial charge in [-0.15, -0.1) is 0 Å². The highest BCUT2D eigenvalue weighted by Gasteiger charge is 2.36. The van der Waals surface area contributed by atoms with Gasteiger partial charge in [-0.25, -0.2) is 0 Å². The van der Waals surface area contributed by atoms with Gasteiger partial charge in [0.05, 0.1) is 6.10 Å². The average Bonchev–Trinajstić information content (AvgIpc) is 2.26. The van der Waals surface area contributed by atoms with Gasteiger partial charge >= 0.3 is 0 Å². The van der Waals surface area contributed by atoms with E-state index in [4.69, 9.17) is 5.73 Å². The third-order valence-corrected chi connectivity index (χ3v) is 3.79. The van der Waals surface area contributed by atoms with Crippen molar-refractivity contribution in [3.63, 3.8) is 0 Å². The van der Waals surface area contributed by atoms with Gasteiger partial charge in [-0.05, 0) is 19.3 Å². The first kappa shape index (κ1) is 12.0. The van der Waals surface area contributed by atoms with Crippen LogP contribution in [0.15, 0.2) is 0 Å². The van der Waals surface area contributed by atoms with E-state index in [1.54, 1.807) is 0 Å². The molecule has 1 fully saturated rings. The second-order valence-corrected chi connectivity index (χ2v) is 4.79. The molecule has 1 unspecified atom stereocenters. The highest BCUT2D eigenvalue weighted by Crippen LogP contribution is 2.39. The molecule has 0 aliphatic heterocycles. The molecule has 84 valence electrons. The largest absolute Gasteiger partial charge is 0.393 e. The third-order valence-electron chi connectivity index (χ3n) is 3.79. The molecule has 1 atom stereocenters. The Labute approximate surface area is 87.9 Å². The second kappa shape index (κ2) is 5.72. The van der Waals surface area contributed by atoms with Gasteiger partial charge in [0.1, 0.15) is 0 Å². The molecule has 0 aromatic rings. The zero-order valence-electron chi connectivity index (χ0n) is 9.47. The lowest BCUT2D eigenvalue weighted by atomic mass is 9.69. The summed E-state index contributed by atoms with van der Waals surface area (Å²) in [4.78, 5) is 0. The maximum atomic E-state index is 10.2. The minimum Gasteiger partial charge on any atom is -0.393 e. The number of aliphatic hydroxyl groups excluding tert-OH is 1. The molecule has 1 aliphatic carbocycles. The molecule has 3 N–H and O–H groups in total. The van der Waals surface area contributed by atoms with Crippen LogP contribution in [0.3, 0.4) is 0 Å². The summed E-state index contributed by atoms with van der Waals surface area (Å²) < 4.78 is 0. The minimum atomic E-state index is -0.159. The Morgan fingerprint density at radius 3 is 2.43 bits per heavy atom. The van der Waals surface area contributed by atoms with E-state index in [2.05, 4.69) is 6.92 Å². The fourth-order valence-electron chi connectivity index (χ4n) is 2.63. The molecule has 0 spiro atoms. The van der Waals surface area contributed by atoms with Crippen LogP contribution >= 0.6 is 0 Å². The van der Waals surface area contributed by atoms with E-state index < -0.39 is 0 Å².